The van der Waals surface area contributed by atoms with Crippen molar-refractivity contribution in [3.63, 3.8) is 0 Å². The van der Waals surface area contributed by atoms with Gasteiger partial charge in [0.05, 0.1) is 6.04 Å². The van der Waals surface area contributed by atoms with Gasteiger partial charge >= 0.3 is 5.97 Å². The Kier molecular flexibility index (Phi) is 7.36. The van der Waals surface area contributed by atoms with E-state index in [0.717, 1.165) is 5.56 Å². The van der Waals surface area contributed by atoms with Crippen molar-refractivity contribution in [3.8, 4) is 0 Å². The van der Waals surface area contributed by atoms with Crippen LogP contribution in [0, 0.1) is 0 Å². The van der Waals surface area contributed by atoms with Gasteiger partial charge in [-0.1, -0.05) is 23.7 Å². The molecule has 1 aromatic carbocycles. The molecule has 0 aliphatic carbocycles. The van der Waals surface area contributed by atoms with E-state index in [4.69, 9.17) is 16.3 Å². The molecule has 5 nitrogen and oxygen atoms in total. The summed E-state index contributed by atoms with van der Waals surface area (Å²) >= 11 is 5.90. The molecule has 0 aliphatic heterocycles. The molecule has 0 saturated carbocycles. The van der Waals surface area contributed by atoms with Gasteiger partial charge in [0.2, 0.25) is 0 Å². The minimum absolute atomic E-state index is 0.0278. The minimum atomic E-state index is -0.505. The molecule has 128 valence electrons. The van der Waals surface area contributed by atoms with Crippen molar-refractivity contribution in [2.24, 2.45) is 4.99 Å². The van der Waals surface area contributed by atoms with Crippen LogP contribution in [-0.2, 0) is 9.53 Å². The minimum Gasteiger partial charge on any atom is -0.459 e. The molecule has 1 rings (SSSR count). The average Bonchev–Trinajstić information content (AvgIpc) is 2.44. The molecule has 0 radical (unpaired) electrons. The van der Waals surface area contributed by atoms with Crippen molar-refractivity contribution >= 4 is 23.5 Å². The van der Waals surface area contributed by atoms with Crippen LogP contribution < -0.4 is 10.6 Å². The van der Waals surface area contributed by atoms with Gasteiger partial charge in [0, 0.05) is 11.6 Å². The molecule has 0 amide bonds. The molecule has 23 heavy (non-hydrogen) atoms. The van der Waals surface area contributed by atoms with Crippen LogP contribution in [0.1, 0.15) is 46.2 Å². The van der Waals surface area contributed by atoms with Crippen LogP contribution in [0.15, 0.2) is 29.3 Å². The zero-order valence-electron chi connectivity index (χ0n) is 14.4. The van der Waals surface area contributed by atoms with Crippen molar-refractivity contribution < 1.29 is 9.53 Å². The lowest BCUT2D eigenvalue weighted by molar-refractivity contribution is -0.152. The van der Waals surface area contributed by atoms with E-state index in [9.17, 15) is 4.79 Å². The van der Waals surface area contributed by atoms with E-state index in [-0.39, 0.29) is 18.6 Å². The SMILES string of the molecule is CCNC(=NCC(=O)OC(C)(C)C)NC(C)c1ccc(Cl)cc1. The molecular weight excluding hydrogens is 314 g/mol. The van der Waals surface area contributed by atoms with Crippen LogP contribution in [0.2, 0.25) is 5.02 Å². The van der Waals surface area contributed by atoms with Crippen molar-refractivity contribution in [1.29, 1.82) is 0 Å². The maximum Gasteiger partial charge on any atom is 0.328 e. The van der Waals surface area contributed by atoms with Gasteiger partial charge < -0.3 is 15.4 Å². The predicted molar refractivity (Wildman–Crippen MR) is 94.8 cm³/mol. The second-order valence-electron chi connectivity index (χ2n) is 6.20. The second-order valence-corrected chi connectivity index (χ2v) is 6.64. The number of rotatable bonds is 5. The van der Waals surface area contributed by atoms with Crippen LogP contribution >= 0.6 is 11.6 Å². The second kappa shape index (κ2) is 8.77. The van der Waals surface area contributed by atoms with Crippen LogP contribution in [-0.4, -0.2) is 30.6 Å². The molecule has 0 spiro atoms. The molecule has 0 bridgehead atoms. The van der Waals surface area contributed by atoms with Gasteiger partial charge in [0.1, 0.15) is 12.1 Å². The van der Waals surface area contributed by atoms with Gasteiger partial charge in [-0.25, -0.2) is 4.99 Å². The van der Waals surface area contributed by atoms with E-state index in [2.05, 4.69) is 15.6 Å². The molecule has 0 fully saturated rings. The first-order chi connectivity index (χ1) is 10.7. The largest absolute Gasteiger partial charge is 0.459 e. The maximum absolute atomic E-state index is 11.8. The fraction of sp³-hybridized carbons (Fsp3) is 0.529. The summed E-state index contributed by atoms with van der Waals surface area (Å²) in [6.45, 7) is 10.2. The Balaban J connectivity index is 2.68. The number of aliphatic imine (C=N–C) groups is 1. The third-order valence-corrected chi connectivity index (χ3v) is 3.11. The number of esters is 1. The summed E-state index contributed by atoms with van der Waals surface area (Å²) in [5.74, 6) is 0.217. The Hall–Kier alpha value is -1.75. The Morgan fingerprint density at radius 3 is 2.43 bits per heavy atom. The molecule has 1 atom stereocenters. The first kappa shape index (κ1) is 19.3. The first-order valence-corrected chi connectivity index (χ1v) is 8.11. The predicted octanol–water partition coefficient (Wildman–Crippen LogP) is 3.30. The van der Waals surface area contributed by atoms with Crippen molar-refractivity contribution in [2.45, 2.75) is 46.3 Å². The molecule has 1 aromatic rings. The molecular formula is C17H26ClN3O2. The Morgan fingerprint density at radius 1 is 1.30 bits per heavy atom. The lowest BCUT2D eigenvalue weighted by atomic mass is 10.1. The quantitative estimate of drug-likeness (QED) is 0.491. The fourth-order valence-electron chi connectivity index (χ4n) is 1.88. The Bertz CT molecular complexity index is 536. The molecule has 1 unspecified atom stereocenters. The van der Waals surface area contributed by atoms with Crippen LogP contribution in [0.25, 0.3) is 0 Å². The molecule has 0 aliphatic rings. The zero-order chi connectivity index (χ0) is 17.5. The number of halogens is 1. The number of guanidine groups is 1. The summed E-state index contributed by atoms with van der Waals surface area (Å²) in [5, 5.41) is 7.08. The van der Waals surface area contributed by atoms with Crippen molar-refractivity contribution in [3.05, 3.63) is 34.9 Å². The normalized spacial score (nSPS) is 13.4. The highest BCUT2D eigenvalue weighted by Gasteiger charge is 2.16. The van der Waals surface area contributed by atoms with Crippen molar-refractivity contribution in [1.82, 2.24) is 10.6 Å². The lowest BCUT2D eigenvalue weighted by Gasteiger charge is -2.20. The van der Waals surface area contributed by atoms with E-state index < -0.39 is 5.60 Å². The van der Waals surface area contributed by atoms with E-state index in [1.807, 2.05) is 58.9 Å². The average molecular weight is 340 g/mol. The summed E-state index contributed by atoms with van der Waals surface area (Å²) < 4.78 is 5.25. The van der Waals surface area contributed by atoms with Crippen LogP contribution in [0.5, 0.6) is 0 Å². The summed E-state index contributed by atoms with van der Waals surface area (Å²) in [5.41, 5.74) is 0.576. The lowest BCUT2D eigenvalue weighted by Crippen LogP contribution is -2.39. The Labute approximate surface area is 143 Å². The van der Waals surface area contributed by atoms with E-state index in [0.29, 0.717) is 17.5 Å². The van der Waals surface area contributed by atoms with E-state index >= 15 is 0 Å². The number of nitrogens with one attached hydrogen (secondary N) is 2. The number of benzene rings is 1. The number of nitrogens with zero attached hydrogens (tertiary/aromatic N) is 1. The molecule has 0 saturated heterocycles. The monoisotopic (exact) mass is 339 g/mol. The topological polar surface area (TPSA) is 62.7 Å². The highest BCUT2D eigenvalue weighted by Crippen LogP contribution is 2.15. The van der Waals surface area contributed by atoms with Gasteiger partial charge in [-0.2, -0.15) is 0 Å². The number of ether oxygens (including phenoxy) is 1. The standard InChI is InChI=1S/C17H26ClN3O2/c1-6-19-16(20-11-15(22)23-17(3,4)5)21-12(2)13-7-9-14(18)10-8-13/h7-10,12H,6,11H2,1-5H3,(H2,19,20,21). The van der Waals surface area contributed by atoms with Crippen LogP contribution in [0.4, 0.5) is 0 Å². The number of hydrogen-bond acceptors (Lipinski definition) is 3. The maximum atomic E-state index is 11.8. The van der Waals surface area contributed by atoms with Crippen LogP contribution in [0.3, 0.4) is 0 Å². The summed E-state index contributed by atoms with van der Waals surface area (Å²) in [7, 11) is 0. The van der Waals surface area contributed by atoms with Gasteiger partial charge in [0.25, 0.3) is 0 Å². The van der Waals surface area contributed by atoms with Gasteiger partial charge in [-0.05, 0) is 52.3 Å². The zero-order valence-corrected chi connectivity index (χ0v) is 15.2. The van der Waals surface area contributed by atoms with E-state index in [1.165, 1.54) is 0 Å². The molecule has 6 heteroatoms. The van der Waals surface area contributed by atoms with Gasteiger partial charge in [-0.15, -0.1) is 0 Å². The van der Waals surface area contributed by atoms with Crippen molar-refractivity contribution in [2.75, 3.05) is 13.1 Å². The fourth-order valence-corrected chi connectivity index (χ4v) is 2.00. The molecule has 0 aromatic heterocycles. The smallest absolute Gasteiger partial charge is 0.328 e. The van der Waals surface area contributed by atoms with E-state index in [1.54, 1.807) is 0 Å². The highest BCUT2D eigenvalue weighted by molar-refractivity contribution is 6.30. The van der Waals surface area contributed by atoms with Gasteiger partial charge in [-0.3, -0.25) is 4.79 Å². The summed E-state index contributed by atoms with van der Waals surface area (Å²) in [4.78, 5) is 16.0. The third kappa shape index (κ3) is 7.88. The summed E-state index contributed by atoms with van der Waals surface area (Å²) in [6.07, 6.45) is 0. The third-order valence-electron chi connectivity index (χ3n) is 2.85. The Morgan fingerprint density at radius 2 is 1.91 bits per heavy atom. The number of hydrogen-bond donors (Lipinski definition) is 2. The van der Waals surface area contributed by atoms with Gasteiger partial charge in [0.15, 0.2) is 5.96 Å². The molecule has 0 heterocycles. The molecule has 2 N–H and O–H groups in total. The number of carbonyl (C=O) groups is 1. The first-order valence-electron chi connectivity index (χ1n) is 7.73. The summed E-state index contributed by atoms with van der Waals surface area (Å²) in [6, 6.07) is 7.64. The highest BCUT2D eigenvalue weighted by atomic mass is 35.5. The number of carbonyl (C=O) groups excluding carboxylic acids is 1.